The molecule has 0 amide bonds. The van der Waals surface area contributed by atoms with Crippen LogP contribution in [0, 0.1) is 5.92 Å². The van der Waals surface area contributed by atoms with Crippen molar-refractivity contribution in [3.05, 3.63) is 11.7 Å². The average molecular weight is 335 g/mol. The van der Waals surface area contributed by atoms with Gasteiger partial charge in [0.05, 0.1) is 0 Å². The Morgan fingerprint density at radius 2 is 2.00 bits per heavy atom. The van der Waals surface area contributed by atoms with Crippen LogP contribution in [0.4, 0.5) is 0 Å². The van der Waals surface area contributed by atoms with E-state index in [1.165, 1.54) is 38.5 Å². The minimum Gasteiger partial charge on any atom is -0.357 e. The molecular formula is C18H33N5O. The topological polar surface area (TPSA) is 75.3 Å². The van der Waals surface area contributed by atoms with Crippen molar-refractivity contribution in [2.24, 2.45) is 10.9 Å². The van der Waals surface area contributed by atoms with Crippen LogP contribution in [0.1, 0.15) is 77.9 Å². The van der Waals surface area contributed by atoms with Crippen molar-refractivity contribution >= 4 is 5.96 Å². The normalized spacial score (nSPS) is 16.6. The second-order valence-corrected chi connectivity index (χ2v) is 7.68. The number of hydrogen-bond acceptors (Lipinski definition) is 4. The molecule has 0 bridgehead atoms. The van der Waals surface area contributed by atoms with E-state index in [2.05, 4.69) is 53.5 Å². The molecule has 136 valence electrons. The Hall–Kier alpha value is -1.59. The zero-order valence-electron chi connectivity index (χ0n) is 15.7. The van der Waals surface area contributed by atoms with Crippen LogP contribution in [0.5, 0.6) is 0 Å². The summed E-state index contributed by atoms with van der Waals surface area (Å²) in [5.74, 6) is 3.05. The highest BCUT2D eigenvalue weighted by atomic mass is 16.5. The van der Waals surface area contributed by atoms with Crippen molar-refractivity contribution in [1.29, 1.82) is 0 Å². The highest BCUT2D eigenvalue weighted by molar-refractivity contribution is 5.79. The molecule has 0 aliphatic heterocycles. The number of aromatic nitrogens is 2. The van der Waals surface area contributed by atoms with Crippen LogP contribution in [0.3, 0.4) is 0 Å². The molecule has 2 rings (SSSR count). The van der Waals surface area contributed by atoms with Gasteiger partial charge < -0.3 is 15.2 Å². The summed E-state index contributed by atoms with van der Waals surface area (Å²) >= 11 is 0. The molecule has 0 radical (unpaired) electrons. The SMILES string of the molecule is CCNC(=NCc1noc(C(C)(C)C)n1)NCCCC1CCCC1. The minimum absolute atomic E-state index is 0.127. The Kier molecular flexibility index (Phi) is 7.06. The van der Waals surface area contributed by atoms with E-state index in [1.807, 2.05) is 0 Å². The summed E-state index contributed by atoms with van der Waals surface area (Å²) < 4.78 is 5.31. The minimum atomic E-state index is -0.127. The molecule has 0 spiro atoms. The molecule has 1 aromatic rings. The van der Waals surface area contributed by atoms with Gasteiger partial charge in [-0.25, -0.2) is 4.99 Å². The fourth-order valence-corrected chi connectivity index (χ4v) is 3.01. The summed E-state index contributed by atoms with van der Waals surface area (Å²) in [6.45, 7) is 10.5. The van der Waals surface area contributed by atoms with Crippen LogP contribution in [-0.2, 0) is 12.0 Å². The largest absolute Gasteiger partial charge is 0.357 e. The first-order valence-corrected chi connectivity index (χ1v) is 9.34. The zero-order chi connectivity index (χ0) is 17.4. The van der Waals surface area contributed by atoms with Gasteiger partial charge in [-0.1, -0.05) is 51.6 Å². The molecule has 0 atom stereocenters. The second-order valence-electron chi connectivity index (χ2n) is 7.68. The summed E-state index contributed by atoms with van der Waals surface area (Å²) in [6.07, 6.45) is 8.20. The standard InChI is InChI=1S/C18H33N5O/c1-5-19-17(20-12-8-11-14-9-6-7-10-14)21-13-15-22-16(24-23-15)18(2,3)4/h14H,5-13H2,1-4H3,(H2,19,20,21). The van der Waals surface area contributed by atoms with Crippen LogP contribution in [-0.4, -0.2) is 29.2 Å². The van der Waals surface area contributed by atoms with Crippen molar-refractivity contribution in [3.63, 3.8) is 0 Å². The number of guanidine groups is 1. The van der Waals surface area contributed by atoms with E-state index in [0.29, 0.717) is 18.3 Å². The fraction of sp³-hybridized carbons (Fsp3) is 0.833. The molecule has 0 unspecified atom stereocenters. The predicted molar refractivity (Wildman–Crippen MR) is 97.0 cm³/mol. The van der Waals surface area contributed by atoms with Gasteiger partial charge in [0, 0.05) is 18.5 Å². The average Bonchev–Trinajstić information content (AvgIpc) is 3.19. The van der Waals surface area contributed by atoms with Gasteiger partial charge in [-0.3, -0.25) is 0 Å². The lowest BCUT2D eigenvalue weighted by Gasteiger charge is -2.12. The van der Waals surface area contributed by atoms with Gasteiger partial charge in [0.15, 0.2) is 11.8 Å². The molecule has 2 N–H and O–H groups in total. The van der Waals surface area contributed by atoms with E-state index >= 15 is 0 Å². The number of hydrogen-bond donors (Lipinski definition) is 2. The van der Waals surface area contributed by atoms with Crippen LogP contribution in [0.15, 0.2) is 9.52 Å². The first-order valence-electron chi connectivity index (χ1n) is 9.34. The molecule has 24 heavy (non-hydrogen) atoms. The van der Waals surface area contributed by atoms with Crippen LogP contribution in [0.25, 0.3) is 0 Å². The molecule has 0 saturated heterocycles. The molecule has 1 saturated carbocycles. The Balaban J connectivity index is 1.78. The van der Waals surface area contributed by atoms with Crippen LogP contribution >= 0.6 is 0 Å². The van der Waals surface area contributed by atoms with Gasteiger partial charge in [0.1, 0.15) is 6.54 Å². The Morgan fingerprint density at radius 1 is 1.25 bits per heavy atom. The van der Waals surface area contributed by atoms with Gasteiger partial charge in [-0.2, -0.15) is 4.98 Å². The van der Waals surface area contributed by atoms with E-state index in [1.54, 1.807) is 0 Å². The van der Waals surface area contributed by atoms with Crippen molar-refractivity contribution in [2.75, 3.05) is 13.1 Å². The highest BCUT2D eigenvalue weighted by Crippen LogP contribution is 2.28. The molecule has 6 nitrogen and oxygen atoms in total. The molecule has 1 aliphatic rings. The molecule has 1 fully saturated rings. The summed E-state index contributed by atoms with van der Waals surface area (Å²) in [5.41, 5.74) is -0.127. The summed E-state index contributed by atoms with van der Waals surface area (Å²) in [4.78, 5) is 8.98. The summed E-state index contributed by atoms with van der Waals surface area (Å²) in [5, 5.41) is 10.7. The maximum Gasteiger partial charge on any atom is 0.232 e. The molecular weight excluding hydrogens is 302 g/mol. The Labute approximate surface area is 145 Å². The van der Waals surface area contributed by atoms with Gasteiger partial charge in [-0.05, 0) is 25.7 Å². The van der Waals surface area contributed by atoms with E-state index < -0.39 is 0 Å². The zero-order valence-corrected chi connectivity index (χ0v) is 15.7. The number of aliphatic imine (C=N–C) groups is 1. The molecule has 6 heteroatoms. The van der Waals surface area contributed by atoms with Crippen molar-refractivity contribution < 1.29 is 4.52 Å². The lowest BCUT2D eigenvalue weighted by molar-refractivity contribution is 0.318. The van der Waals surface area contributed by atoms with Gasteiger partial charge >= 0.3 is 0 Å². The van der Waals surface area contributed by atoms with E-state index in [9.17, 15) is 0 Å². The Bertz CT molecular complexity index is 512. The molecule has 0 aromatic carbocycles. The van der Waals surface area contributed by atoms with Gasteiger partial charge in [-0.15, -0.1) is 0 Å². The van der Waals surface area contributed by atoms with E-state index in [0.717, 1.165) is 25.0 Å². The number of rotatable bonds is 7. The maximum absolute atomic E-state index is 5.31. The first kappa shape index (κ1) is 18.7. The van der Waals surface area contributed by atoms with Crippen molar-refractivity contribution in [2.45, 2.75) is 78.2 Å². The van der Waals surface area contributed by atoms with Crippen LogP contribution < -0.4 is 10.6 Å². The molecule has 1 heterocycles. The van der Waals surface area contributed by atoms with E-state index in [-0.39, 0.29) is 5.41 Å². The van der Waals surface area contributed by atoms with Gasteiger partial charge in [0.25, 0.3) is 0 Å². The Morgan fingerprint density at radius 3 is 2.62 bits per heavy atom. The maximum atomic E-state index is 5.31. The number of nitrogens with one attached hydrogen (secondary N) is 2. The second kappa shape index (κ2) is 9.04. The number of nitrogens with zero attached hydrogens (tertiary/aromatic N) is 3. The van der Waals surface area contributed by atoms with Crippen molar-refractivity contribution in [1.82, 2.24) is 20.8 Å². The van der Waals surface area contributed by atoms with E-state index in [4.69, 9.17) is 4.52 Å². The van der Waals surface area contributed by atoms with Gasteiger partial charge in [0.2, 0.25) is 5.89 Å². The smallest absolute Gasteiger partial charge is 0.232 e. The monoisotopic (exact) mass is 335 g/mol. The summed E-state index contributed by atoms with van der Waals surface area (Å²) in [6, 6.07) is 0. The summed E-state index contributed by atoms with van der Waals surface area (Å²) in [7, 11) is 0. The third-order valence-corrected chi connectivity index (χ3v) is 4.39. The lowest BCUT2D eigenvalue weighted by atomic mass is 9.97. The van der Waals surface area contributed by atoms with Crippen molar-refractivity contribution in [3.8, 4) is 0 Å². The quantitative estimate of drug-likeness (QED) is 0.454. The highest BCUT2D eigenvalue weighted by Gasteiger charge is 2.21. The first-order chi connectivity index (χ1) is 11.5. The van der Waals surface area contributed by atoms with Crippen LogP contribution in [0.2, 0.25) is 0 Å². The lowest BCUT2D eigenvalue weighted by Crippen LogP contribution is -2.37. The third-order valence-electron chi connectivity index (χ3n) is 4.39. The fourth-order valence-electron chi connectivity index (χ4n) is 3.01. The third kappa shape index (κ3) is 6.13. The molecule has 1 aromatic heterocycles. The molecule has 1 aliphatic carbocycles. The predicted octanol–water partition coefficient (Wildman–Crippen LogP) is 3.39.